The molecule has 0 heterocycles. The zero-order valence-electron chi connectivity index (χ0n) is 17.1. The van der Waals surface area contributed by atoms with Crippen LogP contribution in [0.2, 0.25) is 0 Å². The Labute approximate surface area is 164 Å². The van der Waals surface area contributed by atoms with E-state index in [2.05, 4.69) is 22.5 Å². The Balaban J connectivity index is 2.15. The van der Waals surface area contributed by atoms with E-state index in [1.165, 1.54) is 36.4 Å². The molecule has 1 saturated carbocycles. The molecule has 0 amide bonds. The number of nitrogens with one attached hydrogen (secondary N) is 2. The molecule has 1 aliphatic rings. The third-order valence-electron chi connectivity index (χ3n) is 5.53. The van der Waals surface area contributed by atoms with Crippen molar-refractivity contribution in [3.05, 3.63) is 29.8 Å². The van der Waals surface area contributed by atoms with E-state index in [9.17, 15) is 8.42 Å². The van der Waals surface area contributed by atoms with Crippen LogP contribution in [0.4, 0.5) is 0 Å². The molecule has 2 rings (SSSR count). The maximum Gasteiger partial charge on any atom is 0.242 e. The molecule has 0 aromatic heterocycles. The predicted molar refractivity (Wildman–Crippen MR) is 111 cm³/mol. The maximum atomic E-state index is 12.6. The number of benzene rings is 1. The van der Waals surface area contributed by atoms with Crippen LogP contribution in [0, 0.1) is 5.41 Å². The van der Waals surface area contributed by atoms with Crippen LogP contribution in [-0.2, 0) is 16.6 Å². The van der Waals surface area contributed by atoms with Crippen LogP contribution in [0.25, 0.3) is 0 Å². The minimum atomic E-state index is -3.48. The summed E-state index contributed by atoms with van der Waals surface area (Å²) in [5.41, 5.74) is 1.07. The molecule has 0 aliphatic heterocycles. The van der Waals surface area contributed by atoms with E-state index in [4.69, 9.17) is 0 Å². The van der Waals surface area contributed by atoms with Crippen molar-refractivity contribution >= 4 is 16.0 Å². The van der Waals surface area contributed by atoms with E-state index in [1.54, 1.807) is 26.2 Å². The second kappa shape index (κ2) is 9.55. The Kier molecular flexibility index (Phi) is 7.68. The highest BCUT2D eigenvalue weighted by molar-refractivity contribution is 7.89. The molecule has 7 heteroatoms. The van der Waals surface area contributed by atoms with Gasteiger partial charge in [-0.15, -0.1) is 0 Å². The molecule has 152 valence electrons. The molecule has 27 heavy (non-hydrogen) atoms. The Morgan fingerprint density at radius 3 is 2.41 bits per heavy atom. The summed E-state index contributed by atoms with van der Waals surface area (Å²) in [6.45, 7) is 6.29. The first-order chi connectivity index (χ1) is 12.8. The average molecular weight is 395 g/mol. The van der Waals surface area contributed by atoms with Gasteiger partial charge in [0.05, 0.1) is 11.4 Å². The largest absolute Gasteiger partial charge is 0.357 e. The number of hydrogen-bond donors (Lipinski definition) is 2. The molecular formula is C20H34N4O2S. The highest BCUT2D eigenvalue weighted by atomic mass is 32.2. The lowest BCUT2D eigenvalue weighted by molar-refractivity contribution is 0.283. The molecule has 2 N–H and O–H groups in total. The molecule has 0 unspecified atom stereocenters. The van der Waals surface area contributed by atoms with Crippen LogP contribution in [0.3, 0.4) is 0 Å². The van der Waals surface area contributed by atoms with Gasteiger partial charge in [-0.1, -0.05) is 38.0 Å². The fourth-order valence-electron chi connectivity index (χ4n) is 3.64. The van der Waals surface area contributed by atoms with Crippen molar-refractivity contribution in [2.24, 2.45) is 10.4 Å². The van der Waals surface area contributed by atoms with Crippen LogP contribution in [0.5, 0.6) is 0 Å². The number of aliphatic imine (C=N–C) groups is 1. The second-order valence-corrected chi connectivity index (χ2v) is 9.62. The lowest BCUT2D eigenvalue weighted by Crippen LogP contribution is -2.42. The Morgan fingerprint density at radius 1 is 1.15 bits per heavy atom. The van der Waals surface area contributed by atoms with Gasteiger partial charge in [0.15, 0.2) is 5.96 Å². The monoisotopic (exact) mass is 394 g/mol. The summed E-state index contributed by atoms with van der Waals surface area (Å²) in [6, 6.07) is 7.07. The quantitative estimate of drug-likeness (QED) is 0.525. The summed E-state index contributed by atoms with van der Waals surface area (Å²) in [5.74, 6) is 0.745. The van der Waals surface area contributed by atoms with E-state index >= 15 is 0 Å². The summed E-state index contributed by atoms with van der Waals surface area (Å²) in [5, 5.41) is 6.76. The van der Waals surface area contributed by atoms with E-state index in [1.807, 2.05) is 19.1 Å². The molecule has 0 bridgehead atoms. The van der Waals surface area contributed by atoms with Crippen molar-refractivity contribution < 1.29 is 8.42 Å². The van der Waals surface area contributed by atoms with Gasteiger partial charge in [0.1, 0.15) is 0 Å². The van der Waals surface area contributed by atoms with Crippen molar-refractivity contribution in [3.63, 3.8) is 0 Å². The molecule has 6 nitrogen and oxygen atoms in total. The number of hydrogen-bond acceptors (Lipinski definition) is 3. The minimum Gasteiger partial charge on any atom is -0.357 e. The van der Waals surface area contributed by atoms with Crippen molar-refractivity contribution in [3.8, 4) is 0 Å². The molecular weight excluding hydrogens is 360 g/mol. The topological polar surface area (TPSA) is 73.8 Å². The van der Waals surface area contributed by atoms with Gasteiger partial charge in [-0.25, -0.2) is 17.7 Å². The lowest BCUT2D eigenvalue weighted by Gasteiger charge is -2.28. The zero-order valence-corrected chi connectivity index (χ0v) is 17.9. The van der Waals surface area contributed by atoms with Crippen LogP contribution in [-0.4, -0.2) is 45.9 Å². The molecule has 1 aromatic carbocycles. The first kappa shape index (κ1) is 21.7. The van der Waals surface area contributed by atoms with Crippen LogP contribution in [0.1, 0.15) is 51.5 Å². The van der Waals surface area contributed by atoms with E-state index < -0.39 is 10.0 Å². The normalized spacial score (nSPS) is 17.3. The SMILES string of the molecule is CCNC(=NCc1ccccc1S(=O)(=O)N(C)C)NCC1(CC)CCCC1. The minimum absolute atomic E-state index is 0.315. The second-order valence-electron chi connectivity index (χ2n) is 7.50. The third kappa shape index (κ3) is 5.45. The Bertz CT molecular complexity index is 738. The van der Waals surface area contributed by atoms with Gasteiger partial charge in [-0.3, -0.25) is 0 Å². The van der Waals surface area contributed by atoms with Crippen molar-refractivity contribution in [2.75, 3.05) is 27.2 Å². The van der Waals surface area contributed by atoms with E-state index in [0.29, 0.717) is 22.4 Å². The zero-order chi connectivity index (χ0) is 19.9. The summed E-state index contributed by atoms with van der Waals surface area (Å²) < 4.78 is 26.3. The van der Waals surface area contributed by atoms with Crippen molar-refractivity contribution in [1.82, 2.24) is 14.9 Å². The first-order valence-corrected chi connectivity index (χ1v) is 11.3. The fraction of sp³-hybridized carbons (Fsp3) is 0.650. The number of guanidine groups is 1. The number of rotatable bonds is 8. The van der Waals surface area contributed by atoms with Crippen molar-refractivity contribution in [1.29, 1.82) is 0 Å². The molecule has 1 fully saturated rings. The highest BCUT2D eigenvalue weighted by Crippen LogP contribution is 2.40. The number of nitrogens with zero attached hydrogens (tertiary/aromatic N) is 2. The van der Waals surface area contributed by atoms with Gasteiger partial charge in [-0.2, -0.15) is 0 Å². The smallest absolute Gasteiger partial charge is 0.242 e. The molecule has 1 aliphatic carbocycles. The summed E-state index contributed by atoms with van der Waals surface area (Å²) in [4.78, 5) is 4.97. The van der Waals surface area contributed by atoms with Crippen LogP contribution < -0.4 is 10.6 Å². The average Bonchev–Trinajstić information content (AvgIpc) is 3.13. The molecule has 0 saturated heterocycles. The molecule has 1 aromatic rings. The van der Waals surface area contributed by atoms with E-state index in [-0.39, 0.29) is 0 Å². The van der Waals surface area contributed by atoms with Gasteiger partial charge in [0, 0.05) is 27.2 Å². The first-order valence-electron chi connectivity index (χ1n) is 9.87. The summed E-state index contributed by atoms with van der Waals surface area (Å²) in [7, 11) is -0.387. The van der Waals surface area contributed by atoms with Crippen molar-refractivity contribution in [2.45, 2.75) is 57.4 Å². The van der Waals surface area contributed by atoms with E-state index in [0.717, 1.165) is 19.0 Å². The fourth-order valence-corrected chi connectivity index (χ4v) is 4.75. The summed E-state index contributed by atoms with van der Waals surface area (Å²) >= 11 is 0. The van der Waals surface area contributed by atoms with Crippen LogP contribution in [0.15, 0.2) is 34.2 Å². The highest BCUT2D eigenvalue weighted by Gasteiger charge is 2.31. The van der Waals surface area contributed by atoms with Gasteiger partial charge < -0.3 is 10.6 Å². The molecule has 0 radical (unpaired) electrons. The Morgan fingerprint density at radius 2 is 1.81 bits per heavy atom. The number of sulfonamides is 1. The van der Waals surface area contributed by atoms with Gasteiger partial charge >= 0.3 is 0 Å². The third-order valence-corrected chi connectivity index (χ3v) is 7.44. The van der Waals surface area contributed by atoms with Gasteiger partial charge in [-0.05, 0) is 43.2 Å². The van der Waals surface area contributed by atoms with Crippen LogP contribution >= 0.6 is 0 Å². The Hall–Kier alpha value is -1.60. The lowest BCUT2D eigenvalue weighted by atomic mass is 9.83. The predicted octanol–water partition coefficient (Wildman–Crippen LogP) is 2.96. The molecule has 0 atom stereocenters. The van der Waals surface area contributed by atoms with Gasteiger partial charge in [0.2, 0.25) is 10.0 Å². The molecule has 0 spiro atoms. The standard InChI is InChI=1S/C20H34N4O2S/c1-5-20(13-9-10-14-20)16-23-19(21-6-2)22-15-17-11-7-8-12-18(17)27(25,26)24(3)4/h7-8,11-12H,5-6,9-10,13-16H2,1-4H3,(H2,21,22,23). The van der Waals surface area contributed by atoms with Gasteiger partial charge in [0.25, 0.3) is 0 Å². The maximum absolute atomic E-state index is 12.6. The summed E-state index contributed by atoms with van der Waals surface area (Å²) in [6.07, 6.45) is 6.31.